The number of nitrogens with one attached hydrogen (secondary N) is 2. The molecular formula is C11H15ClN4O. The van der Waals surface area contributed by atoms with Crippen molar-refractivity contribution in [2.75, 3.05) is 18.4 Å². The van der Waals surface area contributed by atoms with Gasteiger partial charge >= 0.3 is 0 Å². The molecule has 1 atom stereocenters. The molecule has 0 aromatic carbocycles. The van der Waals surface area contributed by atoms with Gasteiger partial charge in [-0.05, 0) is 37.9 Å². The average molecular weight is 255 g/mol. The van der Waals surface area contributed by atoms with Crippen LogP contribution >= 0.6 is 11.6 Å². The number of halogens is 1. The van der Waals surface area contributed by atoms with E-state index >= 15 is 0 Å². The summed E-state index contributed by atoms with van der Waals surface area (Å²) in [4.78, 5) is 19.4. The summed E-state index contributed by atoms with van der Waals surface area (Å²) in [5.74, 6) is 0.826. The Morgan fingerprint density at radius 2 is 2.53 bits per heavy atom. The fraction of sp³-hybridized carbons (Fsp3) is 0.545. The van der Waals surface area contributed by atoms with Crippen LogP contribution in [0.3, 0.4) is 0 Å². The maximum absolute atomic E-state index is 11.6. The third kappa shape index (κ3) is 3.94. The molecule has 0 saturated carbocycles. The van der Waals surface area contributed by atoms with Crippen LogP contribution in [-0.4, -0.2) is 29.0 Å². The molecular weight excluding hydrogens is 240 g/mol. The molecule has 1 saturated heterocycles. The van der Waals surface area contributed by atoms with Crippen LogP contribution in [0.1, 0.15) is 19.3 Å². The van der Waals surface area contributed by atoms with Crippen LogP contribution in [0.2, 0.25) is 5.15 Å². The summed E-state index contributed by atoms with van der Waals surface area (Å²) in [7, 11) is 0. The van der Waals surface area contributed by atoms with Crippen molar-refractivity contribution < 1.29 is 4.79 Å². The molecule has 1 fully saturated rings. The highest BCUT2D eigenvalue weighted by Gasteiger charge is 2.15. The van der Waals surface area contributed by atoms with Crippen LogP contribution in [0, 0.1) is 5.92 Å². The first-order chi connectivity index (χ1) is 8.24. The molecule has 2 N–H and O–H groups in total. The lowest BCUT2D eigenvalue weighted by Gasteiger charge is -2.07. The number of aromatic nitrogens is 2. The summed E-state index contributed by atoms with van der Waals surface area (Å²) in [6, 6.07) is 1.57. The number of carbonyl (C=O) groups excluding carboxylic acids is 1. The monoisotopic (exact) mass is 254 g/mol. The number of nitrogens with zero attached hydrogens (tertiary/aromatic N) is 2. The average Bonchev–Trinajstić information content (AvgIpc) is 2.79. The molecule has 1 amide bonds. The van der Waals surface area contributed by atoms with Gasteiger partial charge in [0.25, 0.3) is 0 Å². The van der Waals surface area contributed by atoms with Gasteiger partial charge in [-0.25, -0.2) is 9.97 Å². The molecule has 1 aliphatic heterocycles. The minimum Gasteiger partial charge on any atom is -0.316 e. The molecule has 5 nitrogen and oxygen atoms in total. The van der Waals surface area contributed by atoms with E-state index in [9.17, 15) is 4.79 Å². The van der Waals surface area contributed by atoms with Gasteiger partial charge in [-0.2, -0.15) is 0 Å². The zero-order chi connectivity index (χ0) is 12.1. The van der Waals surface area contributed by atoms with Crippen LogP contribution in [0.15, 0.2) is 12.3 Å². The van der Waals surface area contributed by atoms with Crippen molar-refractivity contribution in [2.24, 2.45) is 5.92 Å². The Labute approximate surface area is 105 Å². The molecule has 17 heavy (non-hydrogen) atoms. The highest BCUT2D eigenvalue weighted by molar-refractivity contribution is 6.29. The first-order valence-corrected chi connectivity index (χ1v) is 6.11. The summed E-state index contributed by atoms with van der Waals surface area (Å²) in [6.45, 7) is 2.07. The second-order valence-corrected chi connectivity index (χ2v) is 4.54. The third-order valence-electron chi connectivity index (χ3n) is 2.81. The van der Waals surface area contributed by atoms with Crippen molar-refractivity contribution in [1.82, 2.24) is 15.3 Å². The maximum Gasteiger partial charge on any atom is 0.230 e. The Kier molecular flexibility index (Phi) is 4.28. The van der Waals surface area contributed by atoms with Crippen molar-refractivity contribution in [1.29, 1.82) is 0 Å². The fourth-order valence-electron chi connectivity index (χ4n) is 1.88. The highest BCUT2D eigenvalue weighted by Crippen LogP contribution is 2.14. The Morgan fingerprint density at radius 3 is 3.24 bits per heavy atom. The predicted molar refractivity (Wildman–Crippen MR) is 65.9 cm³/mol. The number of amides is 1. The van der Waals surface area contributed by atoms with Gasteiger partial charge in [0.15, 0.2) is 0 Å². The van der Waals surface area contributed by atoms with Crippen molar-refractivity contribution in [3.63, 3.8) is 0 Å². The summed E-state index contributed by atoms with van der Waals surface area (Å²) in [5.41, 5.74) is 0. The van der Waals surface area contributed by atoms with E-state index in [4.69, 9.17) is 11.6 Å². The van der Waals surface area contributed by atoms with E-state index in [1.54, 1.807) is 6.07 Å². The van der Waals surface area contributed by atoms with Gasteiger partial charge in [0.05, 0.1) is 0 Å². The number of hydrogen-bond acceptors (Lipinski definition) is 4. The summed E-state index contributed by atoms with van der Waals surface area (Å²) >= 11 is 5.70. The molecule has 0 spiro atoms. The number of carbonyl (C=O) groups is 1. The molecule has 0 aliphatic carbocycles. The smallest absolute Gasteiger partial charge is 0.230 e. The molecule has 6 heteroatoms. The normalized spacial score (nSPS) is 19.2. The topological polar surface area (TPSA) is 66.9 Å². The van der Waals surface area contributed by atoms with Gasteiger partial charge in [-0.15, -0.1) is 0 Å². The van der Waals surface area contributed by atoms with Gasteiger partial charge in [0, 0.05) is 12.6 Å². The van der Waals surface area contributed by atoms with Gasteiger partial charge in [0.2, 0.25) is 11.9 Å². The Morgan fingerprint density at radius 1 is 1.65 bits per heavy atom. The molecule has 2 heterocycles. The SMILES string of the molecule is O=C(CCC1CCNC1)Nc1nccc(Cl)n1. The molecule has 1 aliphatic rings. The van der Waals surface area contributed by atoms with Gasteiger partial charge in [-0.3, -0.25) is 10.1 Å². The molecule has 1 aromatic rings. The summed E-state index contributed by atoms with van der Waals surface area (Å²) < 4.78 is 0. The van der Waals surface area contributed by atoms with E-state index in [2.05, 4.69) is 20.6 Å². The summed E-state index contributed by atoms with van der Waals surface area (Å²) in [5, 5.41) is 6.25. The number of rotatable bonds is 4. The van der Waals surface area contributed by atoms with Crippen LogP contribution in [0.5, 0.6) is 0 Å². The van der Waals surface area contributed by atoms with Crippen LogP contribution in [0.25, 0.3) is 0 Å². The zero-order valence-corrected chi connectivity index (χ0v) is 10.2. The van der Waals surface area contributed by atoms with Crippen molar-refractivity contribution >= 4 is 23.5 Å². The van der Waals surface area contributed by atoms with E-state index < -0.39 is 0 Å². The van der Waals surface area contributed by atoms with E-state index in [-0.39, 0.29) is 11.9 Å². The Bertz CT molecular complexity index is 393. The molecule has 0 radical (unpaired) electrons. The second kappa shape index (κ2) is 5.93. The number of anilines is 1. The summed E-state index contributed by atoms with van der Waals surface area (Å²) in [6.07, 6.45) is 4.08. The fourth-order valence-corrected chi connectivity index (χ4v) is 2.02. The van der Waals surface area contributed by atoms with E-state index in [0.29, 0.717) is 17.5 Å². The van der Waals surface area contributed by atoms with E-state index in [0.717, 1.165) is 25.9 Å². The second-order valence-electron chi connectivity index (χ2n) is 4.15. The maximum atomic E-state index is 11.6. The van der Waals surface area contributed by atoms with Gasteiger partial charge in [0.1, 0.15) is 5.15 Å². The number of hydrogen-bond donors (Lipinski definition) is 2. The minimum absolute atomic E-state index is 0.0563. The van der Waals surface area contributed by atoms with E-state index in [1.807, 2.05) is 0 Å². The van der Waals surface area contributed by atoms with Crippen molar-refractivity contribution in [2.45, 2.75) is 19.3 Å². The molecule has 92 valence electrons. The third-order valence-corrected chi connectivity index (χ3v) is 3.03. The lowest BCUT2D eigenvalue weighted by Crippen LogP contribution is -2.16. The standard InChI is InChI=1S/C11H15ClN4O/c12-9-4-6-14-11(15-9)16-10(17)2-1-8-3-5-13-7-8/h4,6,8,13H,1-3,5,7H2,(H,14,15,16,17). The van der Waals surface area contributed by atoms with Crippen molar-refractivity contribution in [3.05, 3.63) is 17.4 Å². The van der Waals surface area contributed by atoms with Gasteiger partial charge in [-0.1, -0.05) is 11.6 Å². The minimum atomic E-state index is -0.0563. The van der Waals surface area contributed by atoms with Crippen LogP contribution in [-0.2, 0) is 4.79 Å². The quantitative estimate of drug-likeness (QED) is 0.799. The lowest BCUT2D eigenvalue weighted by atomic mass is 10.0. The van der Waals surface area contributed by atoms with E-state index in [1.165, 1.54) is 6.20 Å². The highest BCUT2D eigenvalue weighted by atomic mass is 35.5. The molecule has 2 rings (SSSR count). The Hall–Kier alpha value is -1.20. The first kappa shape index (κ1) is 12.3. The predicted octanol–water partition coefficient (Wildman–Crippen LogP) is 1.46. The molecule has 1 aromatic heterocycles. The Balaban J connectivity index is 1.76. The van der Waals surface area contributed by atoms with Crippen molar-refractivity contribution in [3.8, 4) is 0 Å². The largest absolute Gasteiger partial charge is 0.316 e. The molecule has 0 bridgehead atoms. The van der Waals surface area contributed by atoms with Crippen LogP contribution in [0.4, 0.5) is 5.95 Å². The van der Waals surface area contributed by atoms with Crippen LogP contribution < -0.4 is 10.6 Å². The zero-order valence-electron chi connectivity index (χ0n) is 9.45. The first-order valence-electron chi connectivity index (χ1n) is 5.73. The lowest BCUT2D eigenvalue weighted by molar-refractivity contribution is -0.116. The molecule has 1 unspecified atom stereocenters. The van der Waals surface area contributed by atoms with Gasteiger partial charge < -0.3 is 5.32 Å².